The number of benzene rings is 3. The summed E-state index contributed by atoms with van der Waals surface area (Å²) in [5, 5.41) is 14.4. The van der Waals surface area contributed by atoms with Crippen molar-refractivity contribution in [2.75, 3.05) is 0 Å². The Bertz CT molecular complexity index is 1540. The summed E-state index contributed by atoms with van der Waals surface area (Å²) in [4.78, 5) is 23.2. The Morgan fingerprint density at radius 1 is 1.00 bits per heavy atom. The molecule has 0 bridgehead atoms. The first-order valence-corrected chi connectivity index (χ1v) is 13.4. The molecule has 0 fully saturated rings. The summed E-state index contributed by atoms with van der Waals surface area (Å²) in [7, 11) is 0. The third kappa shape index (κ3) is 6.55. The van der Waals surface area contributed by atoms with Gasteiger partial charge >= 0.3 is 12.1 Å². The highest BCUT2D eigenvalue weighted by Gasteiger charge is 2.31. The van der Waals surface area contributed by atoms with Gasteiger partial charge in [-0.2, -0.15) is 18.3 Å². The first-order valence-electron chi connectivity index (χ1n) is 13.0. The van der Waals surface area contributed by atoms with E-state index in [9.17, 15) is 22.8 Å². The van der Waals surface area contributed by atoms with E-state index in [4.69, 9.17) is 21.8 Å². The molecule has 1 N–H and O–H groups in total. The minimum Gasteiger partial charge on any atom is -0.481 e. The van der Waals surface area contributed by atoms with Gasteiger partial charge in [-0.25, -0.2) is 0 Å². The number of halogens is 4. The first-order chi connectivity index (χ1) is 18.8. The summed E-state index contributed by atoms with van der Waals surface area (Å²) in [5.41, 5.74) is 3.70. The molecule has 3 aromatic carbocycles. The van der Waals surface area contributed by atoms with Crippen molar-refractivity contribution in [3.63, 3.8) is 0 Å². The Morgan fingerprint density at radius 3 is 2.30 bits per heavy atom. The molecular weight excluding hydrogens is 541 g/mol. The number of hydrogen-bond acceptors (Lipinski definition) is 3. The molecule has 0 aliphatic carbocycles. The van der Waals surface area contributed by atoms with Crippen LogP contribution in [0.3, 0.4) is 0 Å². The summed E-state index contributed by atoms with van der Waals surface area (Å²) in [6.07, 6.45) is -1.52. The van der Waals surface area contributed by atoms with Crippen LogP contribution in [0.2, 0.25) is 5.02 Å². The van der Waals surface area contributed by atoms with Crippen LogP contribution in [0.5, 0.6) is 0 Å². The molecule has 210 valence electrons. The molecule has 5 nitrogen and oxygen atoms in total. The zero-order chi connectivity index (χ0) is 29.2. The number of Topliss-reactive ketones (excluding diaryl/α,β-unsaturated/α-hetero) is 1. The molecule has 1 heterocycles. The molecule has 0 saturated carbocycles. The minimum atomic E-state index is -4.47. The molecule has 4 rings (SSSR count). The number of aromatic nitrogens is 2. The van der Waals surface area contributed by atoms with Gasteiger partial charge in [0.25, 0.3) is 0 Å². The van der Waals surface area contributed by atoms with Crippen LogP contribution >= 0.6 is 11.6 Å². The molecule has 0 saturated heterocycles. The quantitative estimate of drug-likeness (QED) is 0.193. The maximum absolute atomic E-state index is 13.1. The second kappa shape index (κ2) is 11.8. The average molecular weight is 571 g/mol. The topological polar surface area (TPSA) is 72.2 Å². The summed E-state index contributed by atoms with van der Waals surface area (Å²) in [5.74, 6) is -0.674. The number of carbonyl (C=O) groups excluding carboxylic acids is 1. The molecule has 0 amide bonds. The maximum atomic E-state index is 13.1. The number of fused-ring (bicyclic) bond motifs is 1. The molecule has 1 atom stereocenters. The van der Waals surface area contributed by atoms with Gasteiger partial charge in [0.1, 0.15) is 0 Å². The van der Waals surface area contributed by atoms with Crippen LogP contribution in [0.15, 0.2) is 60.8 Å². The summed E-state index contributed by atoms with van der Waals surface area (Å²) < 4.78 is 41.3. The van der Waals surface area contributed by atoms with Gasteiger partial charge in [-0.3, -0.25) is 14.3 Å². The van der Waals surface area contributed by atoms with Crippen molar-refractivity contribution >= 4 is 34.3 Å². The van der Waals surface area contributed by atoms with Crippen LogP contribution in [0.4, 0.5) is 13.2 Å². The van der Waals surface area contributed by atoms with E-state index in [2.05, 4.69) is 13.8 Å². The number of aliphatic carboxylic acids is 1. The fraction of sp³-hybridized carbons (Fsp3) is 0.323. The van der Waals surface area contributed by atoms with Gasteiger partial charge in [0.2, 0.25) is 0 Å². The second-order valence-electron chi connectivity index (χ2n) is 10.4. The lowest BCUT2D eigenvalue weighted by Crippen LogP contribution is -2.15. The van der Waals surface area contributed by atoms with E-state index in [1.165, 1.54) is 6.07 Å². The van der Waals surface area contributed by atoms with E-state index < -0.39 is 17.7 Å². The SMILES string of the molecule is Cc1cc2c(cnn2[C@@H](CC(C)C)c2ccc(C(=O)CCCC(=O)O)cc2)cc1-c1ccc(C(F)(F)F)cc1Cl. The largest absolute Gasteiger partial charge is 0.481 e. The molecule has 0 radical (unpaired) electrons. The highest BCUT2D eigenvalue weighted by molar-refractivity contribution is 6.33. The fourth-order valence-corrected chi connectivity index (χ4v) is 5.19. The van der Waals surface area contributed by atoms with E-state index in [0.29, 0.717) is 23.5 Å². The van der Waals surface area contributed by atoms with Crippen molar-refractivity contribution in [2.24, 2.45) is 5.92 Å². The standard InChI is InChI=1S/C31H30ClF3N2O3/c1-18(2)13-27(20-7-9-21(10-8-20)29(38)5-4-6-30(39)40)37-28-14-19(3)25(15-22(28)17-36-37)24-12-11-23(16-26(24)32)31(33,34)35/h7-12,14-18,27H,4-6,13H2,1-3H3,(H,39,40)/t27-/m0/s1. The molecule has 4 aromatic rings. The molecular formula is C31H30ClF3N2O3. The average Bonchev–Trinajstić information content (AvgIpc) is 3.28. The van der Waals surface area contributed by atoms with Crippen LogP contribution in [0.1, 0.15) is 72.6 Å². The zero-order valence-electron chi connectivity index (χ0n) is 22.4. The van der Waals surface area contributed by atoms with Crippen molar-refractivity contribution in [3.8, 4) is 11.1 Å². The van der Waals surface area contributed by atoms with Crippen molar-refractivity contribution in [3.05, 3.63) is 88.1 Å². The third-order valence-corrected chi connectivity index (χ3v) is 7.24. The van der Waals surface area contributed by atoms with Crippen LogP contribution in [0, 0.1) is 12.8 Å². The highest BCUT2D eigenvalue weighted by Crippen LogP contribution is 2.38. The summed E-state index contributed by atoms with van der Waals surface area (Å²) in [6, 6.07) is 14.5. The monoisotopic (exact) mass is 570 g/mol. The van der Waals surface area contributed by atoms with Gasteiger partial charge in [-0.1, -0.05) is 55.8 Å². The van der Waals surface area contributed by atoms with Gasteiger partial charge < -0.3 is 5.11 Å². The number of carboxylic acids is 1. The van der Waals surface area contributed by atoms with Gasteiger partial charge in [-0.15, -0.1) is 0 Å². The second-order valence-corrected chi connectivity index (χ2v) is 10.9. The van der Waals surface area contributed by atoms with E-state index in [-0.39, 0.29) is 29.7 Å². The molecule has 0 spiro atoms. The number of aryl methyl sites for hydroxylation is 1. The highest BCUT2D eigenvalue weighted by atomic mass is 35.5. The Labute approximate surface area is 235 Å². The molecule has 0 unspecified atom stereocenters. The number of carbonyl (C=O) groups is 2. The van der Waals surface area contributed by atoms with Crippen molar-refractivity contribution in [1.29, 1.82) is 0 Å². The number of carboxylic acid groups (broad SMARTS) is 1. The smallest absolute Gasteiger partial charge is 0.416 e. The Balaban J connectivity index is 1.67. The van der Waals surface area contributed by atoms with Crippen molar-refractivity contribution in [2.45, 2.75) is 58.7 Å². The van der Waals surface area contributed by atoms with Gasteiger partial charge in [-0.05, 0) is 66.6 Å². The van der Waals surface area contributed by atoms with E-state index in [0.717, 1.165) is 46.1 Å². The molecule has 1 aromatic heterocycles. The van der Waals surface area contributed by atoms with Crippen molar-refractivity contribution < 1.29 is 27.9 Å². The number of alkyl halides is 3. The van der Waals surface area contributed by atoms with Crippen LogP contribution in [-0.2, 0) is 11.0 Å². The number of nitrogens with zero attached hydrogens (tertiary/aromatic N) is 2. The minimum absolute atomic E-state index is 0.0277. The van der Waals surface area contributed by atoms with Crippen LogP contribution in [-0.4, -0.2) is 26.6 Å². The van der Waals surface area contributed by atoms with Crippen LogP contribution < -0.4 is 0 Å². The van der Waals surface area contributed by atoms with Crippen LogP contribution in [0.25, 0.3) is 22.0 Å². The Morgan fingerprint density at radius 2 is 1.70 bits per heavy atom. The van der Waals surface area contributed by atoms with Gasteiger partial charge in [0.05, 0.1) is 23.3 Å². The summed E-state index contributed by atoms with van der Waals surface area (Å²) in [6.45, 7) is 6.13. The summed E-state index contributed by atoms with van der Waals surface area (Å²) >= 11 is 6.29. The maximum Gasteiger partial charge on any atom is 0.416 e. The predicted octanol–water partition coefficient (Wildman–Crippen LogP) is 8.76. The normalized spacial score (nSPS) is 12.7. The first kappa shape index (κ1) is 29.3. The third-order valence-electron chi connectivity index (χ3n) is 6.93. The van der Waals surface area contributed by atoms with E-state index >= 15 is 0 Å². The lowest BCUT2D eigenvalue weighted by molar-refractivity contribution is -0.138. The van der Waals surface area contributed by atoms with Gasteiger partial charge in [0.15, 0.2) is 5.78 Å². The number of hydrogen-bond donors (Lipinski definition) is 1. The van der Waals surface area contributed by atoms with E-state index in [1.54, 1.807) is 18.3 Å². The molecule has 9 heteroatoms. The molecule has 40 heavy (non-hydrogen) atoms. The van der Waals surface area contributed by atoms with E-state index in [1.807, 2.05) is 35.9 Å². The molecule has 0 aliphatic heterocycles. The lowest BCUT2D eigenvalue weighted by Gasteiger charge is -2.22. The fourth-order valence-electron chi connectivity index (χ4n) is 4.91. The Hall–Kier alpha value is -3.65. The number of ketones is 1. The van der Waals surface area contributed by atoms with Crippen molar-refractivity contribution in [1.82, 2.24) is 9.78 Å². The molecule has 0 aliphatic rings. The lowest BCUT2D eigenvalue weighted by atomic mass is 9.94. The Kier molecular flexibility index (Phi) is 8.68. The predicted molar refractivity (Wildman–Crippen MR) is 150 cm³/mol. The number of rotatable bonds is 10. The van der Waals surface area contributed by atoms with Gasteiger partial charge in [0, 0.05) is 34.4 Å². The zero-order valence-corrected chi connectivity index (χ0v) is 23.2.